The van der Waals surface area contributed by atoms with Crippen molar-refractivity contribution in [2.45, 2.75) is 6.92 Å². The first-order chi connectivity index (χ1) is 5.74. The highest BCUT2D eigenvalue weighted by atomic mass is 16.1. The maximum atomic E-state index is 11.2. The maximum Gasteiger partial charge on any atom is 0.229 e. The number of carbonyl (C=O) groups is 1. The van der Waals surface area contributed by atoms with Crippen LogP contribution in [0.5, 0.6) is 0 Å². The lowest BCUT2D eigenvalue weighted by atomic mass is 10.2. The Balaban J connectivity index is 2.47. The summed E-state index contributed by atoms with van der Waals surface area (Å²) < 4.78 is 0. The summed E-state index contributed by atoms with van der Waals surface area (Å²) in [6, 6.07) is 1.68. The molecule has 1 aromatic rings. The Bertz CT molecular complexity index is 244. The minimum atomic E-state index is -0.173. The second-order valence-corrected chi connectivity index (χ2v) is 2.60. The van der Waals surface area contributed by atoms with E-state index >= 15 is 0 Å². The fraction of sp³-hybridized carbons (Fsp3) is 0.429. The quantitative estimate of drug-likeness (QED) is 0.591. The minimum Gasteiger partial charge on any atom is -0.330 e. The molecule has 0 saturated carbocycles. The lowest BCUT2D eigenvalue weighted by molar-refractivity contribution is -0.119. The predicted octanol–water partition coefficient (Wildman–Crippen LogP) is -0.0570. The van der Waals surface area contributed by atoms with Crippen LogP contribution in [0.4, 0.5) is 5.82 Å². The Hall–Kier alpha value is -1.36. The molecule has 0 fully saturated rings. The number of anilines is 1. The molecule has 0 aliphatic carbocycles. The normalized spacial score (nSPS) is 12.5. The largest absolute Gasteiger partial charge is 0.330 e. The van der Waals surface area contributed by atoms with Gasteiger partial charge in [-0.3, -0.25) is 9.89 Å². The van der Waals surface area contributed by atoms with Gasteiger partial charge in [0.15, 0.2) is 0 Å². The maximum absolute atomic E-state index is 11.2. The van der Waals surface area contributed by atoms with Crippen LogP contribution in [0.3, 0.4) is 0 Å². The van der Waals surface area contributed by atoms with Crippen LogP contribution in [-0.2, 0) is 4.79 Å². The van der Waals surface area contributed by atoms with Crippen molar-refractivity contribution in [1.29, 1.82) is 0 Å². The molecule has 0 radical (unpaired) electrons. The first-order valence-electron chi connectivity index (χ1n) is 3.74. The molecule has 1 aromatic heterocycles. The summed E-state index contributed by atoms with van der Waals surface area (Å²) in [5.41, 5.74) is 5.32. The van der Waals surface area contributed by atoms with E-state index < -0.39 is 0 Å². The molecule has 0 bridgehead atoms. The third-order valence-corrected chi connectivity index (χ3v) is 1.56. The molecular formula is C7H12N4O. The highest BCUT2D eigenvalue weighted by Gasteiger charge is 2.10. The lowest BCUT2D eigenvalue weighted by Gasteiger charge is -2.06. The molecule has 1 amide bonds. The Kier molecular flexibility index (Phi) is 2.82. The molecule has 1 rings (SSSR count). The van der Waals surface area contributed by atoms with Crippen LogP contribution in [0.2, 0.25) is 0 Å². The fourth-order valence-electron chi connectivity index (χ4n) is 0.688. The first kappa shape index (κ1) is 8.73. The van der Waals surface area contributed by atoms with E-state index in [9.17, 15) is 4.79 Å². The van der Waals surface area contributed by atoms with E-state index in [0.29, 0.717) is 12.4 Å². The third kappa shape index (κ3) is 2.06. The summed E-state index contributed by atoms with van der Waals surface area (Å²) >= 11 is 0. The van der Waals surface area contributed by atoms with Crippen molar-refractivity contribution in [3.63, 3.8) is 0 Å². The molecule has 0 aliphatic rings. The van der Waals surface area contributed by atoms with Crippen molar-refractivity contribution in [1.82, 2.24) is 10.2 Å². The standard InChI is InChI=1S/C7H12N4O/c1-5(4-8)7(12)10-6-2-3-9-11-6/h2-3,5H,4,8H2,1H3,(H2,9,10,11,12). The number of rotatable bonds is 3. The Morgan fingerprint density at radius 1 is 1.92 bits per heavy atom. The van der Waals surface area contributed by atoms with Crippen molar-refractivity contribution >= 4 is 11.7 Å². The number of aromatic amines is 1. The monoisotopic (exact) mass is 168 g/mol. The van der Waals surface area contributed by atoms with E-state index in [4.69, 9.17) is 5.73 Å². The van der Waals surface area contributed by atoms with Crippen molar-refractivity contribution in [3.05, 3.63) is 12.3 Å². The van der Waals surface area contributed by atoms with Crippen LogP contribution in [0.1, 0.15) is 6.92 Å². The molecule has 66 valence electrons. The van der Waals surface area contributed by atoms with E-state index in [1.807, 2.05) is 0 Å². The van der Waals surface area contributed by atoms with E-state index in [2.05, 4.69) is 15.5 Å². The molecule has 0 aromatic carbocycles. The number of hydrogen-bond donors (Lipinski definition) is 3. The Morgan fingerprint density at radius 3 is 3.17 bits per heavy atom. The van der Waals surface area contributed by atoms with Gasteiger partial charge in [0.25, 0.3) is 0 Å². The van der Waals surface area contributed by atoms with Crippen molar-refractivity contribution in [2.24, 2.45) is 11.7 Å². The Labute approximate surface area is 70.3 Å². The number of amides is 1. The molecule has 5 heteroatoms. The third-order valence-electron chi connectivity index (χ3n) is 1.56. The highest BCUT2D eigenvalue weighted by molar-refractivity contribution is 5.91. The molecular weight excluding hydrogens is 156 g/mol. The van der Waals surface area contributed by atoms with Gasteiger partial charge < -0.3 is 11.1 Å². The number of nitrogens with one attached hydrogen (secondary N) is 2. The molecule has 1 atom stereocenters. The van der Waals surface area contributed by atoms with Crippen LogP contribution in [0.15, 0.2) is 12.3 Å². The van der Waals surface area contributed by atoms with E-state index in [1.165, 1.54) is 0 Å². The number of carbonyl (C=O) groups excluding carboxylic acids is 1. The predicted molar refractivity (Wildman–Crippen MR) is 45.4 cm³/mol. The average molecular weight is 168 g/mol. The zero-order valence-corrected chi connectivity index (χ0v) is 6.87. The van der Waals surface area contributed by atoms with Gasteiger partial charge in [0, 0.05) is 18.5 Å². The number of hydrogen-bond acceptors (Lipinski definition) is 3. The highest BCUT2D eigenvalue weighted by Crippen LogP contribution is 2.01. The van der Waals surface area contributed by atoms with E-state index in [1.54, 1.807) is 19.2 Å². The second-order valence-electron chi connectivity index (χ2n) is 2.60. The molecule has 0 spiro atoms. The van der Waals surface area contributed by atoms with Crippen LogP contribution in [-0.4, -0.2) is 22.6 Å². The number of aromatic nitrogens is 2. The van der Waals surface area contributed by atoms with Crippen molar-refractivity contribution < 1.29 is 4.79 Å². The van der Waals surface area contributed by atoms with E-state index in [-0.39, 0.29) is 11.8 Å². The minimum absolute atomic E-state index is 0.0956. The summed E-state index contributed by atoms with van der Waals surface area (Å²) in [4.78, 5) is 11.2. The summed E-state index contributed by atoms with van der Waals surface area (Å²) in [6.45, 7) is 2.12. The van der Waals surface area contributed by atoms with Gasteiger partial charge in [-0.15, -0.1) is 0 Å². The zero-order valence-electron chi connectivity index (χ0n) is 6.87. The van der Waals surface area contributed by atoms with Crippen LogP contribution >= 0.6 is 0 Å². The summed E-state index contributed by atoms with van der Waals surface area (Å²) in [5.74, 6) is 0.329. The van der Waals surface area contributed by atoms with Gasteiger partial charge in [-0.05, 0) is 0 Å². The van der Waals surface area contributed by atoms with Crippen molar-refractivity contribution in [2.75, 3.05) is 11.9 Å². The van der Waals surface area contributed by atoms with Crippen LogP contribution < -0.4 is 11.1 Å². The molecule has 0 saturated heterocycles. The van der Waals surface area contributed by atoms with Gasteiger partial charge in [-0.1, -0.05) is 6.92 Å². The fourth-order valence-corrected chi connectivity index (χ4v) is 0.688. The summed E-state index contributed by atoms with van der Waals surface area (Å²) in [7, 11) is 0. The summed E-state index contributed by atoms with van der Waals surface area (Å²) in [5, 5.41) is 8.95. The molecule has 12 heavy (non-hydrogen) atoms. The smallest absolute Gasteiger partial charge is 0.229 e. The molecule has 0 aliphatic heterocycles. The van der Waals surface area contributed by atoms with Gasteiger partial charge in [0.1, 0.15) is 5.82 Å². The number of nitrogens with zero attached hydrogens (tertiary/aromatic N) is 1. The Morgan fingerprint density at radius 2 is 2.67 bits per heavy atom. The molecule has 1 unspecified atom stereocenters. The van der Waals surface area contributed by atoms with Gasteiger partial charge in [-0.25, -0.2) is 0 Å². The van der Waals surface area contributed by atoms with Crippen LogP contribution in [0, 0.1) is 5.92 Å². The molecule has 1 heterocycles. The molecule has 4 N–H and O–H groups in total. The van der Waals surface area contributed by atoms with Crippen molar-refractivity contribution in [3.8, 4) is 0 Å². The summed E-state index contributed by atoms with van der Waals surface area (Å²) in [6.07, 6.45) is 1.57. The van der Waals surface area contributed by atoms with Gasteiger partial charge in [0.2, 0.25) is 5.91 Å². The lowest BCUT2D eigenvalue weighted by Crippen LogP contribution is -2.26. The number of H-pyrrole nitrogens is 1. The SMILES string of the molecule is CC(CN)C(=O)Nc1ccn[nH]1. The van der Waals surface area contributed by atoms with Crippen LogP contribution in [0.25, 0.3) is 0 Å². The average Bonchev–Trinajstić information content (AvgIpc) is 2.55. The van der Waals surface area contributed by atoms with E-state index in [0.717, 1.165) is 0 Å². The molecule has 5 nitrogen and oxygen atoms in total. The second kappa shape index (κ2) is 3.87. The number of nitrogens with two attached hydrogens (primary N) is 1. The topological polar surface area (TPSA) is 83.8 Å². The zero-order chi connectivity index (χ0) is 8.97. The van der Waals surface area contributed by atoms with Gasteiger partial charge in [-0.2, -0.15) is 5.10 Å². The van der Waals surface area contributed by atoms with Gasteiger partial charge >= 0.3 is 0 Å². The van der Waals surface area contributed by atoms with Gasteiger partial charge in [0.05, 0.1) is 6.20 Å². The first-order valence-corrected chi connectivity index (χ1v) is 3.74.